The lowest BCUT2D eigenvalue weighted by molar-refractivity contribution is -0.118. The van der Waals surface area contributed by atoms with Crippen molar-refractivity contribution in [3.8, 4) is 11.5 Å². The Hall–Kier alpha value is -1.89. The van der Waals surface area contributed by atoms with Gasteiger partial charge in [-0.15, -0.1) is 12.4 Å². The maximum absolute atomic E-state index is 13.0. The van der Waals surface area contributed by atoms with E-state index in [1.807, 2.05) is 30.3 Å². The number of fused-ring (bicyclic) bond motifs is 1. The third-order valence-corrected chi connectivity index (χ3v) is 7.04. The molecule has 2 N–H and O–H groups in total. The smallest absolute Gasteiger partial charge is 0.228 e. The zero-order chi connectivity index (χ0) is 19.0. The summed E-state index contributed by atoms with van der Waals surface area (Å²) in [5.41, 5.74) is 1.02. The van der Waals surface area contributed by atoms with Gasteiger partial charge in [0.2, 0.25) is 5.91 Å². The summed E-state index contributed by atoms with van der Waals surface area (Å²) in [6, 6.07) is 14.1. The summed E-state index contributed by atoms with van der Waals surface area (Å²) >= 11 is 1.63. The Balaban J connectivity index is 0.00000205. The number of piperidine rings is 1. The highest BCUT2D eigenvalue weighted by molar-refractivity contribution is 7.99. The Labute approximate surface area is 181 Å². The number of rotatable bonds is 4. The summed E-state index contributed by atoms with van der Waals surface area (Å²) in [5, 5.41) is 6.59. The second-order valence-corrected chi connectivity index (χ2v) is 8.88. The van der Waals surface area contributed by atoms with Gasteiger partial charge in [-0.05, 0) is 49.9 Å². The Bertz CT molecular complexity index is 887. The average molecular weight is 433 g/mol. The molecule has 0 aromatic heterocycles. The highest BCUT2D eigenvalue weighted by atomic mass is 35.5. The van der Waals surface area contributed by atoms with Gasteiger partial charge in [-0.2, -0.15) is 0 Å². The lowest BCUT2D eigenvalue weighted by Gasteiger charge is -2.24. The molecular formula is C22H25ClN2O3S. The van der Waals surface area contributed by atoms with Crippen LogP contribution < -0.4 is 20.1 Å². The van der Waals surface area contributed by atoms with E-state index >= 15 is 0 Å². The molecule has 2 aromatic carbocycles. The van der Waals surface area contributed by atoms with Crippen molar-refractivity contribution < 1.29 is 14.3 Å². The first-order valence-corrected chi connectivity index (χ1v) is 10.7. The number of halogens is 1. The summed E-state index contributed by atoms with van der Waals surface area (Å²) < 4.78 is 11.5. The molecule has 1 unspecified atom stereocenters. The molecule has 154 valence electrons. The van der Waals surface area contributed by atoms with E-state index in [-0.39, 0.29) is 29.6 Å². The fraction of sp³-hybridized carbons (Fsp3) is 0.409. The first-order chi connectivity index (χ1) is 13.7. The van der Waals surface area contributed by atoms with Gasteiger partial charge in [0.15, 0.2) is 11.5 Å². The molecule has 2 aliphatic heterocycles. The molecule has 0 bridgehead atoms. The topological polar surface area (TPSA) is 59.6 Å². The van der Waals surface area contributed by atoms with Crippen LogP contribution in [0.25, 0.3) is 0 Å². The van der Waals surface area contributed by atoms with Gasteiger partial charge < -0.3 is 20.1 Å². The summed E-state index contributed by atoms with van der Waals surface area (Å²) in [6.45, 7) is 3.11. The van der Waals surface area contributed by atoms with Gasteiger partial charge in [0.05, 0.1) is 5.69 Å². The lowest BCUT2D eigenvalue weighted by Crippen LogP contribution is -2.31. The van der Waals surface area contributed by atoms with Crippen molar-refractivity contribution in [1.82, 2.24) is 5.32 Å². The van der Waals surface area contributed by atoms with Crippen molar-refractivity contribution in [2.75, 3.05) is 31.6 Å². The number of amides is 1. The van der Waals surface area contributed by atoms with Gasteiger partial charge in [-0.25, -0.2) is 0 Å². The maximum Gasteiger partial charge on any atom is 0.228 e. The van der Waals surface area contributed by atoms with Crippen molar-refractivity contribution >= 4 is 35.8 Å². The number of anilines is 1. The Morgan fingerprint density at radius 1 is 1.07 bits per heavy atom. The largest absolute Gasteiger partial charge is 0.486 e. The molecule has 0 radical (unpaired) electrons. The number of benzene rings is 2. The molecule has 1 saturated heterocycles. The van der Waals surface area contributed by atoms with E-state index in [0.717, 1.165) is 53.6 Å². The first kappa shape index (κ1) is 20.4. The number of ether oxygens (including phenoxy) is 2. The molecule has 5 rings (SSSR count). The van der Waals surface area contributed by atoms with Gasteiger partial charge >= 0.3 is 0 Å². The van der Waals surface area contributed by atoms with Gasteiger partial charge in [-0.1, -0.05) is 30.0 Å². The van der Waals surface area contributed by atoms with Crippen LogP contribution in [-0.2, 0) is 4.79 Å². The highest BCUT2D eigenvalue weighted by Crippen LogP contribution is 2.59. The zero-order valence-electron chi connectivity index (χ0n) is 16.1. The van der Waals surface area contributed by atoms with E-state index in [4.69, 9.17) is 9.47 Å². The standard InChI is InChI=1S/C22H24N2O3S.ClH/c25-21(16-14-22(16)6-8-23-9-7-22)24-17-12-18-19(27-11-10-26-18)13-20(17)28-15-4-2-1-3-5-15;/h1-5,12-13,16,23H,6-11,14H2,(H,24,25);1H. The first-order valence-electron chi connectivity index (χ1n) is 9.92. The zero-order valence-corrected chi connectivity index (χ0v) is 17.7. The van der Waals surface area contributed by atoms with Gasteiger partial charge in [0.1, 0.15) is 13.2 Å². The molecule has 2 aromatic rings. The van der Waals surface area contributed by atoms with E-state index in [0.29, 0.717) is 19.0 Å². The minimum atomic E-state index is 0. The predicted molar refractivity (Wildman–Crippen MR) is 117 cm³/mol. The number of carbonyl (C=O) groups is 1. The van der Waals surface area contributed by atoms with E-state index < -0.39 is 0 Å². The Kier molecular flexibility index (Phi) is 5.95. The minimum absolute atomic E-state index is 0. The number of nitrogens with one attached hydrogen (secondary N) is 2. The second kappa shape index (κ2) is 8.46. The average Bonchev–Trinajstić information content (AvgIpc) is 3.42. The molecule has 1 aliphatic carbocycles. The van der Waals surface area contributed by atoms with E-state index in [1.165, 1.54) is 0 Å². The summed E-state index contributed by atoms with van der Waals surface area (Å²) in [4.78, 5) is 15.1. The second-order valence-electron chi connectivity index (χ2n) is 7.77. The van der Waals surface area contributed by atoms with Crippen molar-refractivity contribution in [1.29, 1.82) is 0 Å². The quantitative estimate of drug-likeness (QED) is 0.751. The molecule has 1 saturated carbocycles. The van der Waals surface area contributed by atoms with Crippen LogP contribution in [0, 0.1) is 11.3 Å². The van der Waals surface area contributed by atoms with Crippen LogP contribution in [0.5, 0.6) is 11.5 Å². The Morgan fingerprint density at radius 2 is 1.76 bits per heavy atom. The molecule has 1 spiro atoms. The van der Waals surface area contributed by atoms with Crippen LogP contribution >= 0.6 is 24.2 Å². The fourth-order valence-corrected chi connectivity index (χ4v) is 5.22. The highest BCUT2D eigenvalue weighted by Gasteiger charge is 2.57. The van der Waals surface area contributed by atoms with Crippen LogP contribution in [0.4, 0.5) is 5.69 Å². The number of carbonyl (C=O) groups excluding carboxylic acids is 1. The van der Waals surface area contributed by atoms with Crippen molar-refractivity contribution in [3.63, 3.8) is 0 Å². The molecule has 5 nitrogen and oxygen atoms in total. The van der Waals surface area contributed by atoms with Crippen LogP contribution in [0.1, 0.15) is 19.3 Å². The molecular weight excluding hydrogens is 408 g/mol. The predicted octanol–water partition coefficient (Wildman–Crippen LogP) is 4.36. The summed E-state index contributed by atoms with van der Waals surface area (Å²) in [5.74, 6) is 1.70. The van der Waals surface area contributed by atoms with Crippen molar-refractivity contribution in [2.24, 2.45) is 11.3 Å². The van der Waals surface area contributed by atoms with Crippen LogP contribution in [0.15, 0.2) is 52.3 Å². The summed E-state index contributed by atoms with van der Waals surface area (Å²) in [7, 11) is 0. The van der Waals surface area contributed by atoms with Crippen LogP contribution in [0.3, 0.4) is 0 Å². The van der Waals surface area contributed by atoms with E-state index in [9.17, 15) is 4.79 Å². The molecule has 2 heterocycles. The van der Waals surface area contributed by atoms with E-state index in [1.54, 1.807) is 11.8 Å². The molecule has 7 heteroatoms. The third-order valence-electron chi connectivity index (χ3n) is 5.98. The molecule has 1 atom stereocenters. The van der Waals surface area contributed by atoms with Crippen LogP contribution in [-0.4, -0.2) is 32.2 Å². The van der Waals surface area contributed by atoms with Crippen LogP contribution in [0.2, 0.25) is 0 Å². The van der Waals surface area contributed by atoms with E-state index in [2.05, 4.69) is 22.8 Å². The summed E-state index contributed by atoms with van der Waals surface area (Å²) in [6.07, 6.45) is 3.20. The minimum Gasteiger partial charge on any atom is -0.486 e. The molecule has 2 fully saturated rings. The molecule has 1 amide bonds. The van der Waals surface area contributed by atoms with Gasteiger partial charge in [0, 0.05) is 27.8 Å². The number of hydrogen-bond acceptors (Lipinski definition) is 5. The molecule has 3 aliphatic rings. The van der Waals surface area contributed by atoms with Gasteiger partial charge in [-0.3, -0.25) is 4.79 Å². The maximum atomic E-state index is 13.0. The lowest BCUT2D eigenvalue weighted by atomic mass is 9.92. The third kappa shape index (κ3) is 4.20. The monoisotopic (exact) mass is 432 g/mol. The fourth-order valence-electron chi connectivity index (χ4n) is 4.28. The number of hydrogen-bond donors (Lipinski definition) is 2. The van der Waals surface area contributed by atoms with Crippen molar-refractivity contribution in [2.45, 2.75) is 29.1 Å². The normalized spacial score (nSPS) is 21.2. The van der Waals surface area contributed by atoms with Crippen molar-refractivity contribution in [3.05, 3.63) is 42.5 Å². The molecule has 29 heavy (non-hydrogen) atoms. The van der Waals surface area contributed by atoms with Gasteiger partial charge in [0.25, 0.3) is 0 Å². The SMILES string of the molecule is Cl.O=C(Nc1cc2c(cc1Sc1ccccc1)OCCO2)C1CC12CCNCC2. The Morgan fingerprint density at radius 3 is 2.48 bits per heavy atom.